The SMILES string of the molecule is CCCCCCCCCCCCOc1ccc(O)c(F)c1F. The number of rotatable bonds is 12. The lowest BCUT2D eigenvalue weighted by atomic mass is 10.1. The number of unbranched alkanes of at least 4 members (excludes halogenated alkanes) is 9. The molecule has 1 rings (SSSR count). The van der Waals surface area contributed by atoms with Crippen LogP contribution in [0.15, 0.2) is 12.1 Å². The molecule has 22 heavy (non-hydrogen) atoms. The molecule has 0 saturated carbocycles. The maximum Gasteiger partial charge on any atom is 0.204 e. The fraction of sp³-hybridized carbons (Fsp3) is 0.667. The number of ether oxygens (including phenoxy) is 1. The van der Waals surface area contributed by atoms with Crippen molar-refractivity contribution < 1.29 is 18.6 Å². The van der Waals surface area contributed by atoms with Crippen LogP contribution in [0.5, 0.6) is 11.5 Å². The number of aromatic hydroxyl groups is 1. The summed E-state index contributed by atoms with van der Waals surface area (Å²) in [6.07, 6.45) is 12.2. The van der Waals surface area contributed by atoms with E-state index in [1.54, 1.807) is 0 Å². The van der Waals surface area contributed by atoms with Gasteiger partial charge in [-0.2, -0.15) is 8.78 Å². The molecule has 0 unspecified atom stereocenters. The summed E-state index contributed by atoms with van der Waals surface area (Å²) in [5, 5.41) is 9.01. The lowest BCUT2D eigenvalue weighted by Crippen LogP contribution is -2.00. The maximum atomic E-state index is 13.4. The second-order valence-electron chi connectivity index (χ2n) is 5.74. The molecule has 0 radical (unpaired) electrons. The Bertz CT molecular complexity index is 422. The molecular weight excluding hydrogens is 286 g/mol. The first kappa shape index (κ1) is 18.7. The highest BCUT2D eigenvalue weighted by atomic mass is 19.2. The molecule has 1 aromatic rings. The van der Waals surface area contributed by atoms with E-state index in [1.165, 1.54) is 51.0 Å². The number of halogens is 2. The Morgan fingerprint density at radius 1 is 0.818 bits per heavy atom. The zero-order chi connectivity index (χ0) is 16.2. The highest BCUT2D eigenvalue weighted by Crippen LogP contribution is 2.26. The van der Waals surface area contributed by atoms with E-state index in [2.05, 4.69) is 6.92 Å². The van der Waals surface area contributed by atoms with Gasteiger partial charge in [0.15, 0.2) is 11.5 Å². The minimum atomic E-state index is -1.25. The van der Waals surface area contributed by atoms with E-state index in [1.807, 2.05) is 0 Å². The Labute approximate surface area is 132 Å². The van der Waals surface area contributed by atoms with Crippen LogP contribution in [0.3, 0.4) is 0 Å². The van der Waals surface area contributed by atoms with Crippen LogP contribution in [0.25, 0.3) is 0 Å². The number of phenols is 1. The van der Waals surface area contributed by atoms with Crippen LogP contribution in [0, 0.1) is 11.6 Å². The maximum absolute atomic E-state index is 13.4. The van der Waals surface area contributed by atoms with E-state index >= 15 is 0 Å². The third-order valence-electron chi connectivity index (χ3n) is 3.78. The Morgan fingerprint density at radius 2 is 1.36 bits per heavy atom. The van der Waals surface area contributed by atoms with Gasteiger partial charge in [0.05, 0.1) is 6.61 Å². The lowest BCUT2D eigenvalue weighted by molar-refractivity contribution is 0.281. The molecule has 0 aliphatic carbocycles. The molecule has 4 heteroatoms. The van der Waals surface area contributed by atoms with E-state index < -0.39 is 17.4 Å². The van der Waals surface area contributed by atoms with E-state index in [0.717, 1.165) is 25.3 Å². The third-order valence-corrected chi connectivity index (χ3v) is 3.78. The van der Waals surface area contributed by atoms with Gasteiger partial charge in [-0.15, -0.1) is 0 Å². The first-order chi connectivity index (χ1) is 10.7. The number of benzene rings is 1. The summed E-state index contributed by atoms with van der Waals surface area (Å²) >= 11 is 0. The van der Waals surface area contributed by atoms with Crippen molar-refractivity contribution in [2.24, 2.45) is 0 Å². The van der Waals surface area contributed by atoms with Crippen molar-refractivity contribution in [2.45, 2.75) is 71.1 Å². The molecule has 1 aromatic carbocycles. The molecule has 0 aliphatic rings. The van der Waals surface area contributed by atoms with Gasteiger partial charge in [-0.1, -0.05) is 64.7 Å². The molecule has 0 aliphatic heterocycles. The zero-order valence-electron chi connectivity index (χ0n) is 13.5. The van der Waals surface area contributed by atoms with E-state index in [-0.39, 0.29) is 5.75 Å². The van der Waals surface area contributed by atoms with Gasteiger partial charge in [-0.3, -0.25) is 0 Å². The zero-order valence-corrected chi connectivity index (χ0v) is 13.5. The van der Waals surface area contributed by atoms with Gasteiger partial charge in [0.25, 0.3) is 0 Å². The van der Waals surface area contributed by atoms with Crippen molar-refractivity contribution >= 4 is 0 Å². The molecule has 126 valence electrons. The summed E-state index contributed by atoms with van der Waals surface area (Å²) < 4.78 is 31.7. The lowest BCUT2D eigenvalue weighted by Gasteiger charge is -2.08. The van der Waals surface area contributed by atoms with Gasteiger partial charge in [-0.25, -0.2) is 0 Å². The van der Waals surface area contributed by atoms with Gasteiger partial charge >= 0.3 is 0 Å². The summed E-state index contributed by atoms with van der Waals surface area (Å²) in [6, 6.07) is 2.36. The summed E-state index contributed by atoms with van der Waals surface area (Å²) in [5.41, 5.74) is 0. The monoisotopic (exact) mass is 314 g/mol. The van der Waals surface area contributed by atoms with E-state index in [9.17, 15) is 8.78 Å². The second-order valence-corrected chi connectivity index (χ2v) is 5.74. The molecule has 0 amide bonds. The Balaban J connectivity index is 2.01. The molecule has 0 aromatic heterocycles. The Hall–Kier alpha value is -1.32. The molecule has 0 atom stereocenters. The summed E-state index contributed by atoms with van der Waals surface area (Å²) in [7, 11) is 0. The fourth-order valence-corrected chi connectivity index (χ4v) is 2.40. The number of hydrogen-bond acceptors (Lipinski definition) is 2. The van der Waals surface area contributed by atoms with Crippen molar-refractivity contribution in [2.75, 3.05) is 6.61 Å². The van der Waals surface area contributed by atoms with E-state index in [4.69, 9.17) is 9.84 Å². The molecule has 0 fully saturated rings. The molecule has 1 N–H and O–H groups in total. The number of hydrogen-bond donors (Lipinski definition) is 1. The fourth-order valence-electron chi connectivity index (χ4n) is 2.40. The van der Waals surface area contributed by atoms with Crippen LogP contribution in [0.1, 0.15) is 71.1 Å². The predicted octanol–water partition coefficient (Wildman–Crippen LogP) is 5.97. The van der Waals surface area contributed by atoms with Crippen LogP contribution in [-0.4, -0.2) is 11.7 Å². The summed E-state index contributed by atoms with van der Waals surface area (Å²) in [6.45, 7) is 2.60. The van der Waals surface area contributed by atoms with Crippen LogP contribution in [0.2, 0.25) is 0 Å². The summed E-state index contributed by atoms with van der Waals surface area (Å²) in [5.74, 6) is -3.19. The predicted molar refractivity (Wildman–Crippen MR) is 85.4 cm³/mol. The molecular formula is C18H28F2O2. The van der Waals surface area contributed by atoms with Gasteiger partial charge in [0.2, 0.25) is 11.6 Å². The van der Waals surface area contributed by atoms with Crippen molar-refractivity contribution in [1.82, 2.24) is 0 Å². The molecule has 0 bridgehead atoms. The normalized spacial score (nSPS) is 10.9. The number of phenolic OH excluding ortho intramolecular Hbond substituents is 1. The van der Waals surface area contributed by atoms with Crippen LogP contribution < -0.4 is 4.74 Å². The van der Waals surface area contributed by atoms with Gasteiger partial charge in [-0.05, 0) is 18.6 Å². The average molecular weight is 314 g/mol. The molecule has 2 nitrogen and oxygen atoms in total. The third kappa shape index (κ3) is 7.10. The van der Waals surface area contributed by atoms with Crippen molar-refractivity contribution in [1.29, 1.82) is 0 Å². The molecule has 0 saturated heterocycles. The van der Waals surface area contributed by atoms with Crippen LogP contribution in [-0.2, 0) is 0 Å². The van der Waals surface area contributed by atoms with Gasteiger partial charge in [0, 0.05) is 0 Å². The Morgan fingerprint density at radius 3 is 1.95 bits per heavy atom. The standard InChI is InChI=1S/C18H28F2O2/c1-2-3-4-5-6-7-8-9-10-11-14-22-16-13-12-15(21)17(19)18(16)20/h12-13,21H,2-11,14H2,1H3. The largest absolute Gasteiger partial charge is 0.505 e. The molecule has 0 spiro atoms. The van der Waals surface area contributed by atoms with Crippen LogP contribution >= 0.6 is 0 Å². The quantitative estimate of drug-likeness (QED) is 0.482. The van der Waals surface area contributed by atoms with Crippen molar-refractivity contribution in [3.05, 3.63) is 23.8 Å². The minimum absolute atomic E-state index is 0.133. The highest BCUT2D eigenvalue weighted by molar-refractivity contribution is 5.33. The molecule has 0 heterocycles. The Kier molecular flexibility index (Phi) is 9.60. The van der Waals surface area contributed by atoms with Gasteiger partial charge < -0.3 is 9.84 Å². The average Bonchev–Trinajstić information content (AvgIpc) is 2.52. The van der Waals surface area contributed by atoms with Crippen molar-refractivity contribution in [3.63, 3.8) is 0 Å². The first-order valence-corrected chi connectivity index (χ1v) is 8.46. The smallest absolute Gasteiger partial charge is 0.204 e. The first-order valence-electron chi connectivity index (χ1n) is 8.46. The second kappa shape index (κ2) is 11.3. The van der Waals surface area contributed by atoms with Crippen LogP contribution in [0.4, 0.5) is 8.78 Å². The van der Waals surface area contributed by atoms with Crippen molar-refractivity contribution in [3.8, 4) is 11.5 Å². The van der Waals surface area contributed by atoms with Gasteiger partial charge in [0.1, 0.15) is 0 Å². The topological polar surface area (TPSA) is 29.5 Å². The highest BCUT2D eigenvalue weighted by Gasteiger charge is 2.13. The van der Waals surface area contributed by atoms with E-state index in [0.29, 0.717) is 6.61 Å². The minimum Gasteiger partial charge on any atom is -0.505 e. The summed E-state index contributed by atoms with van der Waals surface area (Å²) in [4.78, 5) is 0.